The van der Waals surface area contributed by atoms with Crippen LogP contribution in [0.3, 0.4) is 0 Å². The Morgan fingerprint density at radius 3 is 2.47 bits per heavy atom. The zero-order valence-corrected chi connectivity index (χ0v) is 12.7. The highest BCUT2D eigenvalue weighted by Crippen LogP contribution is 2.18. The van der Waals surface area contributed by atoms with Gasteiger partial charge in [0, 0.05) is 3.57 Å². The van der Waals surface area contributed by atoms with Crippen LogP contribution in [0.15, 0.2) is 23.1 Å². The van der Waals surface area contributed by atoms with E-state index in [9.17, 15) is 18.0 Å². The van der Waals surface area contributed by atoms with E-state index in [1.54, 1.807) is 22.6 Å². The van der Waals surface area contributed by atoms with Crippen molar-refractivity contribution >= 4 is 44.5 Å². The number of hydrogen-bond donors (Lipinski definition) is 3. The highest BCUT2D eigenvalue weighted by atomic mass is 127. The number of nitrogens with two attached hydrogens (primary N) is 1. The van der Waals surface area contributed by atoms with Gasteiger partial charge in [-0.15, -0.1) is 0 Å². The molecule has 0 spiro atoms. The molecule has 1 aromatic rings. The van der Waals surface area contributed by atoms with Crippen molar-refractivity contribution < 1.29 is 23.1 Å². The van der Waals surface area contributed by atoms with Gasteiger partial charge < -0.3 is 10.8 Å². The predicted octanol–water partition coefficient (Wildman–Crippen LogP) is 0.142. The molecule has 0 heterocycles. The van der Waals surface area contributed by atoms with Gasteiger partial charge in [-0.2, -0.15) is 4.72 Å². The van der Waals surface area contributed by atoms with Gasteiger partial charge in [0.2, 0.25) is 15.9 Å². The second-order valence-electron chi connectivity index (χ2n) is 3.69. The Bertz CT molecular complexity index is 629. The molecule has 0 saturated heterocycles. The first-order valence-electron chi connectivity index (χ1n) is 4.99. The molecule has 9 heteroatoms. The average Bonchev–Trinajstić information content (AvgIpc) is 2.27. The number of aromatic carboxylic acids is 1. The Morgan fingerprint density at radius 2 is 2.00 bits per heavy atom. The Morgan fingerprint density at radius 1 is 1.42 bits per heavy atom. The summed E-state index contributed by atoms with van der Waals surface area (Å²) in [5.74, 6) is -2.06. The van der Waals surface area contributed by atoms with Crippen LogP contribution in [-0.4, -0.2) is 31.4 Å². The molecule has 0 aromatic heterocycles. The topological polar surface area (TPSA) is 127 Å². The summed E-state index contributed by atoms with van der Waals surface area (Å²) in [6.45, 7) is 1.30. The third-order valence-electron chi connectivity index (χ3n) is 2.24. The molecule has 0 radical (unpaired) electrons. The number of hydrogen-bond acceptors (Lipinski definition) is 4. The van der Waals surface area contributed by atoms with Gasteiger partial charge >= 0.3 is 5.97 Å². The molecule has 1 atom stereocenters. The number of amides is 1. The lowest BCUT2D eigenvalue weighted by atomic mass is 10.2. The van der Waals surface area contributed by atoms with E-state index in [2.05, 4.69) is 4.72 Å². The van der Waals surface area contributed by atoms with Crippen molar-refractivity contribution in [2.75, 3.05) is 0 Å². The fourth-order valence-electron chi connectivity index (χ4n) is 1.19. The molecule has 104 valence electrons. The Balaban J connectivity index is 3.19. The molecular formula is C10H11IN2O5S. The van der Waals surface area contributed by atoms with Gasteiger partial charge in [0.05, 0.1) is 16.5 Å². The van der Waals surface area contributed by atoms with Gasteiger partial charge in [-0.1, -0.05) is 0 Å². The quantitative estimate of drug-likeness (QED) is 0.609. The summed E-state index contributed by atoms with van der Waals surface area (Å²) in [6.07, 6.45) is 0. The summed E-state index contributed by atoms with van der Waals surface area (Å²) < 4.78 is 26.3. The summed E-state index contributed by atoms with van der Waals surface area (Å²) in [5, 5.41) is 8.93. The van der Waals surface area contributed by atoms with Gasteiger partial charge in [-0.3, -0.25) is 4.79 Å². The van der Waals surface area contributed by atoms with Gasteiger partial charge in [0.1, 0.15) is 0 Å². The Labute approximate surface area is 123 Å². The lowest BCUT2D eigenvalue weighted by Gasteiger charge is -2.11. The molecule has 4 N–H and O–H groups in total. The van der Waals surface area contributed by atoms with E-state index >= 15 is 0 Å². The van der Waals surface area contributed by atoms with E-state index < -0.39 is 27.9 Å². The van der Waals surface area contributed by atoms with E-state index in [0.29, 0.717) is 3.57 Å². The number of carboxylic acids is 1. The maximum Gasteiger partial charge on any atom is 0.336 e. The van der Waals surface area contributed by atoms with E-state index in [1.807, 2.05) is 0 Å². The lowest BCUT2D eigenvalue weighted by Crippen LogP contribution is -2.42. The second kappa shape index (κ2) is 5.84. The molecule has 0 aliphatic heterocycles. The molecule has 0 fully saturated rings. The fraction of sp³-hybridized carbons (Fsp3) is 0.200. The number of rotatable bonds is 5. The minimum atomic E-state index is -3.99. The predicted molar refractivity (Wildman–Crippen MR) is 75.1 cm³/mol. The zero-order chi connectivity index (χ0) is 14.8. The van der Waals surface area contributed by atoms with Crippen LogP contribution in [0, 0.1) is 3.57 Å². The van der Waals surface area contributed by atoms with Crippen molar-refractivity contribution in [3.05, 3.63) is 27.3 Å². The number of carbonyl (C=O) groups is 2. The van der Waals surface area contributed by atoms with Crippen LogP contribution in [-0.2, 0) is 14.8 Å². The maximum absolute atomic E-state index is 11.9. The van der Waals surface area contributed by atoms with Crippen LogP contribution >= 0.6 is 22.6 Å². The minimum absolute atomic E-state index is 0.129. The molecule has 0 aliphatic rings. The first-order chi connectivity index (χ1) is 8.65. The smallest absolute Gasteiger partial charge is 0.336 e. The third kappa shape index (κ3) is 3.88. The Kier molecular flexibility index (Phi) is 4.87. The molecule has 1 rings (SSSR count). The highest BCUT2D eigenvalue weighted by Gasteiger charge is 2.22. The number of nitrogens with one attached hydrogen (secondary N) is 1. The van der Waals surface area contributed by atoms with Crippen LogP contribution in [0.25, 0.3) is 0 Å². The van der Waals surface area contributed by atoms with Crippen molar-refractivity contribution in [2.24, 2.45) is 5.73 Å². The SMILES string of the molecule is CC(NS(=O)(=O)c1ccc(I)c(C(=O)O)c1)C(N)=O. The maximum atomic E-state index is 11.9. The van der Waals surface area contributed by atoms with Gasteiger partial charge in [-0.05, 0) is 47.7 Å². The molecular weight excluding hydrogens is 387 g/mol. The van der Waals surface area contributed by atoms with Gasteiger partial charge in [-0.25, -0.2) is 13.2 Å². The van der Waals surface area contributed by atoms with E-state index in [4.69, 9.17) is 10.8 Å². The number of primary amides is 1. The van der Waals surface area contributed by atoms with Crippen LogP contribution in [0.1, 0.15) is 17.3 Å². The number of sulfonamides is 1. The van der Waals surface area contributed by atoms with Crippen LogP contribution in [0.5, 0.6) is 0 Å². The molecule has 0 aliphatic carbocycles. The second-order valence-corrected chi connectivity index (χ2v) is 6.57. The number of benzene rings is 1. The van der Waals surface area contributed by atoms with E-state index in [-0.39, 0.29) is 10.5 Å². The normalized spacial score (nSPS) is 12.9. The largest absolute Gasteiger partial charge is 0.478 e. The monoisotopic (exact) mass is 398 g/mol. The van der Waals surface area contributed by atoms with Crippen molar-refractivity contribution in [2.45, 2.75) is 17.9 Å². The first-order valence-corrected chi connectivity index (χ1v) is 7.56. The molecule has 19 heavy (non-hydrogen) atoms. The van der Waals surface area contributed by atoms with Crippen LogP contribution < -0.4 is 10.5 Å². The molecule has 0 saturated carbocycles. The minimum Gasteiger partial charge on any atom is -0.478 e. The number of carboxylic acid groups (broad SMARTS) is 1. The molecule has 7 nitrogen and oxygen atoms in total. The molecule has 1 aromatic carbocycles. The summed E-state index contributed by atoms with van der Waals surface area (Å²) >= 11 is 1.79. The summed E-state index contributed by atoms with van der Waals surface area (Å²) in [6, 6.07) is 2.57. The van der Waals surface area contributed by atoms with Crippen LogP contribution in [0.4, 0.5) is 0 Å². The highest BCUT2D eigenvalue weighted by molar-refractivity contribution is 14.1. The Hall–Kier alpha value is -1.20. The van der Waals surface area contributed by atoms with Crippen molar-refractivity contribution in [3.8, 4) is 0 Å². The number of halogens is 1. The summed E-state index contributed by atoms with van der Waals surface area (Å²) in [7, 11) is -3.99. The van der Waals surface area contributed by atoms with Gasteiger partial charge in [0.25, 0.3) is 0 Å². The third-order valence-corrected chi connectivity index (χ3v) is 4.72. The van der Waals surface area contributed by atoms with Gasteiger partial charge in [0.15, 0.2) is 0 Å². The molecule has 0 bridgehead atoms. The standard InChI is InChI=1S/C10H11IN2O5S/c1-5(9(12)14)13-19(17,18)6-2-3-8(11)7(4-6)10(15)16/h2-5,13H,1H3,(H2,12,14)(H,15,16). The van der Waals surface area contributed by atoms with Crippen LogP contribution in [0.2, 0.25) is 0 Å². The molecule has 1 amide bonds. The average molecular weight is 398 g/mol. The first kappa shape index (κ1) is 15.9. The number of carbonyl (C=O) groups excluding carboxylic acids is 1. The fourth-order valence-corrected chi connectivity index (χ4v) is 3.00. The summed E-state index contributed by atoms with van der Waals surface area (Å²) in [5.41, 5.74) is 4.83. The van der Waals surface area contributed by atoms with Crippen molar-refractivity contribution in [1.82, 2.24) is 4.72 Å². The van der Waals surface area contributed by atoms with Crippen molar-refractivity contribution in [3.63, 3.8) is 0 Å². The lowest BCUT2D eigenvalue weighted by molar-refractivity contribution is -0.119. The molecule has 1 unspecified atom stereocenters. The van der Waals surface area contributed by atoms with E-state index in [1.165, 1.54) is 19.1 Å². The summed E-state index contributed by atoms with van der Waals surface area (Å²) in [4.78, 5) is 21.5. The van der Waals surface area contributed by atoms with Crippen molar-refractivity contribution in [1.29, 1.82) is 0 Å². The van der Waals surface area contributed by atoms with E-state index in [0.717, 1.165) is 6.07 Å². The zero-order valence-electron chi connectivity index (χ0n) is 9.75.